The van der Waals surface area contributed by atoms with Gasteiger partial charge in [0.1, 0.15) is 5.76 Å². The van der Waals surface area contributed by atoms with Crippen LogP contribution in [0.2, 0.25) is 0 Å². The number of aliphatic carboxylic acids is 1. The summed E-state index contributed by atoms with van der Waals surface area (Å²) in [4.78, 5) is 12.5. The zero-order chi connectivity index (χ0) is 19.7. The molecule has 0 bridgehead atoms. The molecule has 1 N–H and O–H groups in total. The molecule has 28 heavy (non-hydrogen) atoms. The third-order valence-corrected chi connectivity index (χ3v) is 6.55. The Balaban J connectivity index is 1.67. The fraction of sp³-hybridized carbons (Fsp3) is 0.522. The van der Waals surface area contributed by atoms with Crippen molar-refractivity contribution in [1.29, 1.82) is 0 Å². The van der Waals surface area contributed by atoms with Crippen LogP contribution in [0, 0.1) is 23.7 Å². The van der Waals surface area contributed by atoms with Gasteiger partial charge in [-0.1, -0.05) is 31.9 Å². The SMILES string of the molecule is COC1=CC(C)C(C2CCCCC(c3ccc4c(c3)OCO4)C2C(=O)O)C=C1. The van der Waals surface area contributed by atoms with Gasteiger partial charge in [0.2, 0.25) is 6.79 Å². The number of carboxylic acid groups (broad SMARTS) is 1. The summed E-state index contributed by atoms with van der Waals surface area (Å²) in [5, 5.41) is 10.3. The van der Waals surface area contributed by atoms with E-state index in [1.54, 1.807) is 7.11 Å². The number of methoxy groups -OCH3 is 1. The molecule has 3 aliphatic rings. The van der Waals surface area contributed by atoms with Gasteiger partial charge < -0.3 is 19.3 Å². The van der Waals surface area contributed by atoms with Crippen molar-refractivity contribution in [2.75, 3.05) is 13.9 Å². The molecule has 0 radical (unpaired) electrons. The van der Waals surface area contributed by atoms with E-state index < -0.39 is 11.9 Å². The Kier molecular flexibility index (Phi) is 5.33. The van der Waals surface area contributed by atoms with E-state index in [0.29, 0.717) is 0 Å². The first-order valence-electron chi connectivity index (χ1n) is 10.1. The largest absolute Gasteiger partial charge is 0.497 e. The van der Waals surface area contributed by atoms with Crippen molar-refractivity contribution in [1.82, 2.24) is 0 Å². The molecule has 0 amide bonds. The van der Waals surface area contributed by atoms with Crippen molar-refractivity contribution in [3.05, 3.63) is 47.7 Å². The highest BCUT2D eigenvalue weighted by molar-refractivity contribution is 5.72. The summed E-state index contributed by atoms with van der Waals surface area (Å²) in [5.74, 6) is 1.73. The lowest BCUT2D eigenvalue weighted by molar-refractivity contribution is -0.145. The summed E-state index contributed by atoms with van der Waals surface area (Å²) in [6.45, 7) is 2.39. The van der Waals surface area contributed by atoms with Gasteiger partial charge in [0.25, 0.3) is 0 Å². The van der Waals surface area contributed by atoms with Crippen LogP contribution in [0.25, 0.3) is 0 Å². The van der Waals surface area contributed by atoms with Crippen LogP contribution in [0.3, 0.4) is 0 Å². The molecule has 1 saturated carbocycles. The van der Waals surface area contributed by atoms with Gasteiger partial charge in [-0.2, -0.15) is 0 Å². The van der Waals surface area contributed by atoms with Gasteiger partial charge in [-0.25, -0.2) is 0 Å². The highest BCUT2D eigenvalue weighted by Gasteiger charge is 2.42. The predicted molar refractivity (Wildman–Crippen MR) is 105 cm³/mol. The Labute approximate surface area is 166 Å². The molecule has 1 fully saturated rings. The molecule has 4 rings (SSSR count). The lowest BCUT2D eigenvalue weighted by Crippen LogP contribution is -2.35. The number of hydrogen-bond acceptors (Lipinski definition) is 4. The standard InChI is InChI=1S/C23H28O5/c1-14-11-16(26-2)8-9-17(14)19-6-4-3-5-18(22(19)23(24)25)15-7-10-20-21(12-15)28-13-27-20/h7-12,14,17-19,22H,3-6,13H2,1-2H3,(H,24,25). The Morgan fingerprint density at radius 3 is 2.71 bits per heavy atom. The van der Waals surface area contributed by atoms with Gasteiger partial charge in [0, 0.05) is 0 Å². The van der Waals surface area contributed by atoms with E-state index >= 15 is 0 Å². The second-order valence-corrected chi connectivity index (χ2v) is 8.10. The van der Waals surface area contributed by atoms with Crippen molar-refractivity contribution in [2.45, 2.75) is 38.5 Å². The van der Waals surface area contributed by atoms with Crippen LogP contribution in [-0.4, -0.2) is 25.0 Å². The van der Waals surface area contributed by atoms with E-state index in [2.05, 4.69) is 19.1 Å². The summed E-state index contributed by atoms with van der Waals surface area (Å²) in [6.07, 6.45) is 10.2. The minimum atomic E-state index is -0.698. The fourth-order valence-corrected chi connectivity index (χ4v) is 5.18. The van der Waals surface area contributed by atoms with Crippen LogP contribution in [0.1, 0.15) is 44.1 Å². The molecule has 0 aromatic heterocycles. The molecule has 5 atom stereocenters. The number of benzene rings is 1. The van der Waals surface area contributed by atoms with E-state index in [1.807, 2.05) is 24.3 Å². The van der Waals surface area contributed by atoms with Gasteiger partial charge in [-0.15, -0.1) is 0 Å². The van der Waals surface area contributed by atoms with Crippen molar-refractivity contribution < 1.29 is 24.1 Å². The van der Waals surface area contributed by atoms with Crippen LogP contribution < -0.4 is 9.47 Å². The number of carboxylic acids is 1. The van der Waals surface area contributed by atoms with Crippen molar-refractivity contribution in [3.63, 3.8) is 0 Å². The minimum absolute atomic E-state index is 0.0205. The summed E-state index contributed by atoms with van der Waals surface area (Å²) < 4.78 is 16.3. The number of carbonyl (C=O) groups is 1. The monoisotopic (exact) mass is 384 g/mol. The smallest absolute Gasteiger partial charge is 0.307 e. The third kappa shape index (κ3) is 3.50. The van der Waals surface area contributed by atoms with E-state index in [-0.39, 0.29) is 30.5 Å². The second-order valence-electron chi connectivity index (χ2n) is 8.10. The van der Waals surface area contributed by atoms with E-state index in [9.17, 15) is 9.90 Å². The number of fused-ring (bicyclic) bond motifs is 1. The molecule has 5 unspecified atom stereocenters. The zero-order valence-electron chi connectivity index (χ0n) is 16.5. The molecule has 1 heterocycles. The van der Waals surface area contributed by atoms with Crippen molar-refractivity contribution >= 4 is 5.97 Å². The van der Waals surface area contributed by atoms with Gasteiger partial charge in [-0.05, 0) is 66.4 Å². The van der Waals surface area contributed by atoms with Gasteiger partial charge in [0.05, 0.1) is 13.0 Å². The van der Waals surface area contributed by atoms with Crippen LogP contribution >= 0.6 is 0 Å². The molecular weight excluding hydrogens is 356 g/mol. The summed E-state index contributed by atoms with van der Waals surface area (Å²) in [7, 11) is 1.67. The maximum Gasteiger partial charge on any atom is 0.307 e. The lowest BCUT2D eigenvalue weighted by Gasteiger charge is -2.36. The van der Waals surface area contributed by atoms with E-state index in [0.717, 1.165) is 48.5 Å². The Hall–Kier alpha value is -2.43. The van der Waals surface area contributed by atoms with Crippen molar-refractivity contribution in [3.8, 4) is 11.5 Å². The number of hydrogen-bond donors (Lipinski definition) is 1. The molecule has 5 heteroatoms. The van der Waals surface area contributed by atoms with Gasteiger partial charge in [0.15, 0.2) is 11.5 Å². The topological polar surface area (TPSA) is 65.0 Å². The summed E-state index contributed by atoms with van der Waals surface area (Å²) in [5.41, 5.74) is 1.05. The maximum atomic E-state index is 12.5. The zero-order valence-corrected chi connectivity index (χ0v) is 16.5. The summed E-state index contributed by atoms with van der Waals surface area (Å²) in [6, 6.07) is 5.90. The number of rotatable bonds is 4. The summed E-state index contributed by atoms with van der Waals surface area (Å²) >= 11 is 0. The van der Waals surface area contributed by atoms with Crippen molar-refractivity contribution in [2.24, 2.45) is 23.7 Å². The van der Waals surface area contributed by atoms with Crippen LogP contribution in [0.15, 0.2) is 42.2 Å². The lowest BCUT2D eigenvalue weighted by atomic mass is 9.67. The fourth-order valence-electron chi connectivity index (χ4n) is 5.18. The van der Waals surface area contributed by atoms with Crippen LogP contribution in [0.4, 0.5) is 0 Å². The predicted octanol–water partition coefficient (Wildman–Crippen LogP) is 4.74. The molecule has 0 saturated heterocycles. The van der Waals surface area contributed by atoms with Gasteiger partial charge in [-0.3, -0.25) is 4.79 Å². The number of allylic oxidation sites excluding steroid dienone is 3. The van der Waals surface area contributed by atoms with E-state index in [4.69, 9.17) is 14.2 Å². The second kappa shape index (κ2) is 7.90. The molecule has 1 aromatic carbocycles. The number of ether oxygens (including phenoxy) is 3. The van der Waals surface area contributed by atoms with Gasteiger partial charge >= 0.3 is 5.97 Å². The first kappa shape index (κ1) is 18.9. The average molecular weight is 384 g/mol. The first-order valence-corrected chi connectivity index (χ1v) is 10.1. The van der Waals surface area contributed by atoms with Crippen LogP contribution in [0.5, 0.6) is 11.5 Å². The quantitative estimate of drug-likeness (QED) is 0.760. The molecular formula is C23H28O5. The maximum absolute atomic E-state index is 12.5. The highest BCUT2D eigenvalue weighted by Crippen LogP contribution is 2.47. The third-order valence-electron chi connectivity index (χ3n) is 6.55. The Morgan fingerprint density at radius 1 is 1.18 bits per heavy atom. The normalized spacial score (nSPS) is 31.8. The molecule has 1 aromatic rings. The van der Waals surface area contributed by atoms with E-state index in [1.165, 1.54) is 0 Å². The molecule has 150 valence electrons. The highest BCUT2D eigenvalue weighted by atomic mass is 16.7. The molecule has 2 aliphatic carbocycles. The first-order chi connectivity index (χ1) is 13.6. The molecule has 0 spiro atoms. The molecule has 1 aliphatic heterocycles. The minimum Gasteiger partial charge on any atom is -0.497 e. The average Bonchev–Trinajstić information content (AvgIpc) is 3.04. The molecule has 5 nitrogen and oxygen atoms in total. The Morgan fingerprint density at radius 2 is 1.96 bits per heavy atom. The van der Waals surface area contributed by atoms with Crippen LogP contribution in [-0.2, 0) is 9.53 Å². The Bertz CT molecular complexity index is 796.